The molecule has 1 aliphatic rings. The summed E-state index contributed by atoms with van der Waals surface area (Å²) in [5, 5.41) is 7.30. The smallest absolute Gasteiger partial charge is 0.262 e. The number of nitrogens with one attached hydrogen (secondary N) is 2. The fourth-order valence-electron chi connectivity index (χ4n) is 3.61. The molecule has 10 heteroatoms. The van der Waals surface area contributed by atoms with Crippen molar-refractivity contribution in [2.45, 2.75) is 31.8 Å². The number of likely N-dealkylation sites (N-methyl/N-ethyl adjacent to an activating group) is 1. The second kappa shape index (κ2) is 10.7. The first-order valence-corrected chi connectivity index (χ1v) is 13.1. The second-order valence-corrected chi connectivity index (χ2v) is 10.9. The predicted molar refractivity (Wildman–Crippen MR) is 123 cm³/mol. The number of nitrogens with zero attached hydrogens (tertiary/aromatic N) is 1. The van der Waals surface area contributed by atoms with Gasteiger partial charge in [0.15, 0.2) is 9.84 Å². The van der Waals surface area contributed by atoms with Crippen LogP contribution in [0.2, 0.25) is 0 Å². The third-order valence-electron chi connectivity index (χ3n) is 5.26. The van der Waals surface area contributed by atoms with E-state index in [9.17, 15) is 22.8 Å². The van der Waals surface area contributed by atoms with Crippen LogP contribution >= 0.6 is 11.3 Å². The molecule has 1 aromatic heterocycles. The molecule has 0 bridgehead atoms. The van der Waals surface area contributed by atoms with Gasteiger partial charge in [-0.3, -0.25) is 14.4 Å². The monoisotopic (exact) mass is 477 g/mol. The Hall–Kier alpha value is -2.72. The Morgan fingerprint density at radius 2 is 1.91 bits per heavy atom. The summed E-state index contributed by atoms with van der Waals surface area (Å²) in [5.41, 5.74) is 0.883. The standard InChI is InChI=1S/C22H27N3O5S2/c1-2-25(14-20(26)23-17-10-12-32(29,30)15-17)22(28)18(13-16-7-4-3-5-8-16)24-21(27)19-9-6-11-31-19/h3-9,11,17-18H,2,10,12-15H2,1H3,(H,23,26)(H,24,27)/t17-,18-/m1/s1. The predicted octanol–water partition coefficient (Wildman–Crippen LogP) is 1.24. The number of sulfone groups is 1. The zero-order valence-electron chi connectivity index (χ0n) is 17.8. The van der Waals surface area contributed by atoms with Gasteiger partial charge in [0.1, 0.15) is 6.04 Å². The zero-order chi connectivity index (χ0) is 23.1. The number of hydrogen-bond acceptors (Lipinski definition) is 6. The highest BCUT2D eigenvalue weighted by Gasteiger charge is 2.31. The van der Waals surface area contributed by atoms with Crippen LogP contribution in [0.1, 0.15) is 28.6 Å². The average Bonchev–Trinajstić information content (AvgIpc) is 3.41. The maximum atomic E-state index is 13.3. The van der Waals surface area contributed by atoms with Crippen molar-refractivity contribution >= 4 is 38.9 Å². The maximum absolute atomic E-state index is 13.3. The Labute approximate surface area is 191 Å². The maximum Gasteiger partial charge on any atom is 0.262 e. The summed E-state index contributed by atoms with van der Waals surface area (Å²) in [4.78, 5) is 40.3. The average molecular weight is 478 g/mol. The summed E-state index contributed by atoms with van der Waals surface area (Å²) in [6.45, 7) is 1.83. The molecule has 0 spiro atoms. The van der Waals surface area contributed by atoms with Crippen molar-refractivity contribution in [3.05, 3.63) is 58.3 Å². The van der Waals surface area contributed by atoms with E-state index in [0.29, 0.717) is 11.3 Å². The third-order valence-corrected chi connectivity index (χ3v) is 7.89. The van der Waals surface area contributed by atoms with E-state index in [0.717, 1.165) is 5.56 Å². The summed E-state index contributed by atoms with van der Waals surface area (Å²) in [6, 6.07) is 11.5. The lowest BCUT2D eigenvalue weighted by Crippen LogP contribution is -2.52. The Bertz CT molecular complexity index is 1040. The summed E-state index contributed by atoms with van der Waals surface area (Å²) < 4.78 is 23.2. The molecule has 1 fully saturated rings. The van der Waals surface area contributed by atoms with Gasteiger partial charge in [0.05, 0.1) is 22.9 Å². The number of rotatable bonds is 9. The van der Waals surface area contributed by atoms with Crippen LogP contribution in [0.4, 0.5) is 0 Å². The van der Waals surface area contributed by atoms with Gasteiger partial charge in [0.25, 0.3) is 5.91 Å². The van der Waals surface area contributed by atoms with Crippen molar-refractivity contribution < 1.29 is 22.8 Å². The lowest BCUT2D eigenvalue weighted by Gasteiger charge is -2.27. The lowest BCUT2D eigenvalue weighted by atomic mass is 10.0. The van der Waals surface area contributed by atoms with E-state index in [2.05, 4.69) is 10.6 Å². The van der Waals surface area contributed by atoms with Gasteiger partial charge in [-0.2, -0.15) is 0 Å². The largest absolute Gasteiger partial charge is 0.351 e. The van der Waals surface area contributed by atoms with E-state index in [4.69, 9.17) is 0 Å². The molecule has 1 aliphatic heterocycles. The first-order chi connectivity index (χ1) is 15.3. The molecule has 1 saturated heterocycles. The van der Waals surface area contributed by atoms with Crippen LogP contribution in [0.5, 0.6) is 0 Å². The molecular formula is C22H27N3O5S2. The summed E-state index contributed by atoms with van der Waals surface area (Å²) >= 11 is 1.28. The highest BCUT2D eigenvalue weighted by atomic mass is 32.2. The molecule has 3 amide bonds. The molecule has 32 heavy (non-hydrogen) atoms. The summed E-state index contributed by atoms with van der Waals surface area (Å²) in [7, 11) is -3.12. The van der Waals surface area contributed by atoms with Gasteiger partial charge < -0.3 is 15.5 Å². The number of benzene rings is 1. The number of hydrogen-bond donors (Lipinski definition) is 2. The molecule has 2 aromatic rings. The topological polar surface area (TPSA) is 113 Å². The van der Waals surface area contributed by atoms with Gasteiger partial charge in [0.2, 0.25) is 11.8 Å². The molecule has 2 atom stereocenters. The quantitative estimate of drug-likeness (QED) is 0.564. The van der Waals surface area contributed by atoms with Crippen LogP contribution in [0.25, 0.3) is 0 Å². The minimum atomic E-state index is -3.12. The van der Waals surface area contributed by atoms with E-state index >= 15 is 0 Å². The van der Waals surface area contributed by atoms with Crippen molar-refractivity contribution in [3.8, 4) is 0 Å². The van der Waals surface area contributed by atoms with Gasteiger partial charge in [-0.25, -0.2) is 8.42 Å². The van der Waals surface area contributed by atoms with Gasteiger partial charge in [-0.15, -0.1) is 11.3 Å². The fraction of sp³-hybridized carbons (Fsp3) is 0.409. The van der Waals surface area contributed by atoms with Crippen LogP contribution in [-0.2, 0) is 25.8 Å². The van der Waals surface area contributed by atoms with Gasteiger partial charge in [-0.05, 0) is 30.4 Å². The van der Waals surface area contributed by atoms with Gasteiger partial charge in [0, 0.05) is 19.0 Å². The molecule has 1 aromatic carbocycles. The minimum absolute atomic E-state index is 0.0578. The molecule has 3 rings (SSSR count). The Morgan fingerprint density at radius 3 is 2.50 bits per heavy atom. The Kier molecular flexibility index (Phi) is 8.03. The number of amides is 3. The van der Waals surface area contributed by atoms with Crippen molar-refractivity contribution in [1.82, 2.24) is 15.5 Å². The molecule has 0 saturated carbocycles. The second-order valence-electron chi connectivity index (χ2n) is 7.71. The third kappa shape index (κ3) is 6.64. The number of carbonyl (C=O) groups excluding carboxylic acids is 3. The van der Waals surface area contributed by atoms with Crippen LogP contribution in [0.15, 0.2) is 47.8 Å². The van der Waals surface area contributed by atoms with E-state index in [1.807, 2.05) is 30.3 Å². The Balaban J connectivity index is 1.69. The highest BCUT2D eigenvalue weighted by Crippen LogP contribution is 2.13. The van der Waals surface area contributed by atoms with Gasteiger partial charge >= 0.3 is 0 Å². The van der Waals surface area contributed by atoms with Gasteiger partial charge in [-0.1, -0.05) is 36.4 Å². The molecular weight excluding hydrogens is 450 g/mol. The molecule has 2 N–H and O–H groups in total. The first kappa shape index (κ1) is 23.9. The molecule has 2 heterocycles. The SMILES string of the molecule is CCN(CC(=O)N[C@@H]1CCS(=O)(=O)C1)C(=O)[C@@H](Cc1ccccc1)NC(=O)c1cccs1. The first-order valence-electron chi connectivity index (χ1n) is 10.4. The molecule has 172 valence electrons. The highest BCUT2D eigenvalue weighted by molar-refractivity contribution is 7.91. The van der Waals surface area contributed by atoms with E-state index in [1.54, 1.807) is 24.4 Å². The molecule has 0 unspecified atom stereocenters. The van der Waals surface area contributed by atoms with E-state index in [1.165, 1.54) is 16.2 Å². The summed E-state index contributed by atoms with van der Waals surface area (Å²) in [5.74, 6) is -1.14. The van der Waals surface area contributed by atoms with Crippen LogP contribution in [0, 0.1) is 0 Å². The number of carbonyl (C=O) groups is 3. The summed E-state index contributed by atoms with van der Waals surface area (Å²) in [6.07, 6.45) is 0.664. The van der Waals surface area contributed by atoms with Crippen LogP contribution in [-0.4, -0.2) is 67.7 Å². The minimum Gasteiger partial charge on any atom is -0.351 e. The van der Waals surface area contributed by atoms with Crippen molar-refractivity contribution in [2.75, 3.05) is 24.6 Å². The zero-order valence-corrected chi connectivity index (χ0v) is 19.5. The normalized spacial score (nSPS) is 18.0. The van der Waals surface area contributed by atoms with Crippen molar-refractivity contribution in [3.63, 3.8) is 0 Å². The Morgan fingerprint density at radius 1 is 1.16 bits per heavy atom. The molecule has 8 nitrogen and oxygen atoms in total. The van der Waals surface area contributed by atoms with Crippen LogP contribution in [0.3, 0.4) is 0 Å². The van der Waals surface area contributed by atoms with Crippen LogP contribution < -0.4 is 10.6 Å². The molecule has 0 radical (unpaired) electrons. The fourth-order valence-corrected chi connectivity index (χ4v) is 5.91. The van der Waals surface area contributed by atoms with E-state index in [-0.39, 0.29) is 42.8 Å². The number of thiophene rings is 1. The lowest BCUT2D eigenvalue weighted by molar-refractivity contribution is -0.137. The van der Waals surface area contributed by atoms with Crippen molar-refractivity contribution in [2.24, 2.45) is 0 Å². The molecule has 0 aliphatic carbocycles. The van der Waals surface area contributed by atoms with Crippen molar-refractivity contribution in [1.29, 1.82) is 0 Å². The van der Waals surface area contributed by atoms with E-state index < -0.39 is 27.8 Å².